The van der Waals surface area contributed by atoms with Gasteiger partial charge in [-0.1, -0.05) is 76.2 Å². The van der Waals surface area contributed by atoms with Gasteiger partial charge in [-0.15, -0.1) is 0 Å². The van der Waals surface area contributed by atoms with Gasteiger partial charge in [0.2, 0.25) is 0 Å². The third kappa shape index (κ3) is 8.04. The first-order valence-electron chi connectivity index (χ1n) is 5.42. The quantitative estimate of drug-likeness (QED) is 0.318. The van der Waals surface area contributed by atoms with E-state index in [9.17, 15) is 0 Å². The molecule has 0 atom stereocenters. The van der Waals surface area contributed by atoms with Gasteiger partial charge in [-0.05, 0) is 0 Å². The second-order valence-electron chi connectivity index (χ2n) is 4.39. The molecule has 0 saturated carbocycles. The Labute approximate surface area is 84.8 Å². The van der Waals surface area contributed by atoms with Crippen molar-refractivity contribution in [1.82, 2.24) is 0 Å². The van der Waals surface area contributed by atoms with Crippen LogP contribution in [0, 0.1) is 0 Å². The molecule has 76 valence electrons. The molecule has 0 aliphatic rings. The molecule has 0 radical (unpaired) electrons. The summed E-state index contributed by atoms with van der Waals surface area (Å²) in [6.45, 7) is 10.8. The van der Waals surface area contributed by atoms with Crippen LogP contribution in [0.4, 0.5) is 0 Å². The molecule has 0 rings (SSSR count). The molecule has 0 aromatic heterocycles. The monoisotopic (exact) mass is 196 g/mol. The number of unbranched alkanes of at least 4 members (excludes halogenated alkanes) is 3. The van der Waals surface area contributed by atoms with Crippen molar-refractivity contribution < 1.29 is 0 Å². The summed E-state index contributed by atoms with van der Waals surface area (Å²) in [5.41, 5.74) is 2.39. The average molecular weight is 196 g/mol. The molecule has 0 aromatic carbocycles. The molecule has 0 aliphatic carbocycles. The molecular formula is C12H24Si. The second kappa shape index (κ2) is 7.13. The van der Waals surface area contributed by atoms with E-state index in [2.05, 4.69) is 38.4 Å². The maximum absolute atomic E-state index is 3.71. The Morgan fingerprint density at radius 1 is 1.15 bits per heavy atom. The highest BCUT2D eigenvalue weighted by Crippen LogP contribution is 2.16. The summed E-state index contributed by atoms with van der Waals surface area (Å²) in [6, 6.07) is 1.43. The van der Waals surface area contributed by atoms with Gasteiger partial charge in [-0.2, -0.15) is 0 Å². The minimum Gasteiger partial charge on any atom is -0.0991 e. The van der Waals surface area contributed by atoms with Crippen molar-refractivity contribution in [2.45, 2.75) is 51.7 Å². The Hall–Kier alpha value is -0.303. The number of rotatable bonds is 7. The zero-order chi connectivity index (χ0) is 10.2. The number of allylic oxidation sites excluding steroid dienone is 2. The van der Waals surface area contributed by atoms with E-state index in [4.69, 9.17) is 0 Å². The fourth-order valence-corrected chi connectivity index (χ4v) is 3.40. The van der Waals surface area contributed by atoms with E-state index < -0.39 is 8.07 Å². The SMILES string of the molecule is C=C/C=C/[Si](C)(C)CCCCCC. The van der Waals surface area contributed by atoms with Crippen LogP contribution >= 0.6 is 0 Å². The molecule has 0 amide bonds. The number of hydrogen-bond acceptors (Lipinski definition) is 0. The highest BCUT2D eigenvalue weighted by Gasteiger charge is 2.14. The van der Waals surface area contributed by atoms with Gasteiger partial charge < -0.3 is 0 Å². The topological polar surface area (TPSA) is 0 Å². The molecule has 0 aromatic rings. The summed E-state index contributed by atoms with van der Waals surface area (Å²) >= 11 is 0. The van der Waals surface area contributed by atoms with Crippen molar-refractivity contribution in [3.8, 4) is 0 Å². The van der Waals surface area contributed by atoms with E-state index in [-0.39, 0.29) is 0 Å². The van der Waals surface area contributed by atoms with E-state index in [1.54, 1.807) is 0 Å². The van der Waals surface area contributed by atoms with Crippen LogP contribution < -0.4 is 0 Å². The Morgan fingerprint density at radius 3 is 2.38 bits per heavy atom. The third-order valence-electron chi connectivity index (χ3n) is 2.36. The van der Waals surface area contributed by atoms with Crippen molar-refractivity contribution >= 4 is 8.07 Å². The Balaban J connectivity index is 3.62. The molecule has 0 bridgehead atoms. The van der Waals surface area contributed by atoms with Gasteiger partial charge >= 0.3 is 0 Å². The van der Waals surface area contributed by atoms with Gasteiger partial charge in [0.05, 0.1) is 8.07 Å². The van der Waals surface area contributed by atoms with Crippen molar-refractivity contribution in [1.29, 1.82) is 0 Å². The summed E-state index contributed by atoms with van der Waals surface area (Å²) in [5.74, 6) is 0. The van der Waals surface area contributed by atoms with E-state index in [0.717, 1.165) is 0 Å². The lowest BCUT2D eigenvalue weighted by molar-refractivity contribution is 0.697. The van der Waals surface area contributed by atoms with Crippen LogP contribution in [0.5, 0.6) is 0 Å². The molecule has 1 heteroatoms. The lowest BCUT2D eigenvalue weighted by Gasteiger charge is -2.16. The average Bonchev–Trinajstić information content (AvgIpc) is 2.09. The van der Waals surface area contributed by atoms with Crippen molar-refractivity contribution in [2.75, 3.05) is 0 Å². The Kier molecular flexibility index (Phi) is 6.97. The first-order chi connectivity index (χ1) is 6.12. The molecule has 13 heavy (non-hydrogen) atoms. The molecule has 0 fully saturated rings. The molecule has 0 saturated heterocycles. The lowest BCUT2D eigenvalue weighted by atomic mass is 10.2. The molecule has 0 aliphatic heterocycles. The summed E-state index contributed by atoms with van der Waals surface area (Å²) in [7, 11) is -1.03. The predicted octanol–water partition coefficient (Wildman–Crippen LogP) is 4.56. The van der Waals surface area contributed by atoms with Crippen LogP contribution in [0.1, 0.15) is 32.6 Å². The van der Waals surface area contributed by atoms with E-state index in [1.165, 1.54) is 31.7 Å². The smallest absolute Gasteiger partial charge is 0.0717 e. The fraction of sp³-hybridized carbons (Fsp3) is 0.667. The van der Waals surface area contributed by atoms with Crippen LogP contribution in [0.2, 0.25) is 19.1 Å². The summed E-state index contributed by atoms with van der Waals surface area (Å²) in [5, 5.41) is 0. The van der Waals surface area contributed by atoms with Crippen LogP contribution in [0.25, 0.3) is 0 Å². The van der Waals surface area contributed by atoms with Crippen LogP contribution in [0.3, 0.4) is 0 Å². The largest absolute Gasteiger partial charge is 0.0991 e. The van der Waals surface area contributed by atoms with Crippen molar-refractivity contribution in [2.24, 2.45) is 0 Å². The highest BCUT2D eigenvalue weighted by atomic mass is 28.3. The lowest BCUT2D eigenvalue weighted by Crippen LogP contribution is -2.21. The van der Waals surface area contributed by atoms with Crippen molar-refractivity contribution in [3.05, 3.63) is 24.4 Å². The predicted molar refractivity (Wildman–Crippen MR) is 65.8 cm³/mol. The summed E-state index contributed by atoms with van der Waals surface area (Å²) < 4.78 is 0. The molecule has 0 N–H and O–H groups in total. The first-order valence-corrected chi connectivity index (χ1v) is 8.71. The van der Waals surface area contributed by atoms with E-state index in [1.807, 2.05) is 6.08 Å². The van der Waals surface area contributed by atoms with E-state index in [0.29, 0.717) is 0 Å². The Morgan fingerprint density at radius 2 is 1.85 bits per heavy atom. The maximum Gasteiger partial charge on any atom is 0.0717 e. The third-order valence-corrected chi connectivity index (χ3v) is 5.10. The van der Waals surface area contributed by atoms with Crippen LogP contribution in [0.15, 0.2) is 24.4 Å². The van der Waals surface area contributed by atoms with Gasteiger partial charge in [0.1, 0.15) is 0 Å². The van der Waals surface area contributed by atoms with Gasteiger partial charge in [0.15, 0.2) is 0 Å². The van der Waals surface area contributed by atoms with E-state index >= 15 is 0 Å². The van der Waals surface area contributed by atoms with Gasteiger partial charge in [-0.3, -0.25) is 0 Å². The minimum atomic E-state index is -1.03. The molecule has 0 unspecified atom stereocenters. The van der Waals surface area contributed by atoms with Crippen LogP contribution in [-0.4, -0.2) is 8.07 Å². The normalized spacial score (nSPS) is 12.2. The van der Waals surface area contributed by atoms with Gasteiger partial charge in [0.25, 0.3) is 0 Å². The maximum atomic E-state index is 3.71. The first kappa shape index (κ1) is 12.7. The highest BCUT2D eigenvalue weighted by molar-refractivity contribution is 6.82. The zero-order valence-electron chi connectivity index (χ0n) is 9.47. The van der Waals surface area contributed by atoms with Crippen molar-refractivity contribution in [3.63, 3.8) is 0 Å². The second-order valence-corrected chi connectivity index (χ2v) is 9.20. The zero-order valence-corrected chi connectivity index (χ0v) is 10.5. The van der Waals surface area contributed by atoms with Gasteiger partial charge in [-0.25, -0.2) is 0 Å². The molecule has 0 nitrogen and oxygen atoms in total. The number of hydrogen-bond donors (Lipinski definition) is 0. The Bertz CT molecular complexity index is 157. The standard InChI is InChI=1S/C12H24Si/c1-5-7-9-10-12-13(3,4)11-8-6-2/h6,8,11H,2,5,7,9-10,12H2,1,3-4H3/b11-8+. The molecule has 0 heterocycles. The summed E-state index contributed by atoms with van der Waals surface area (Å²) in [6.07, 6.45) is 9.57. The fourth-order valence-electron chi connectivity index (χ4n) is 1.42. The minimum absolute atomic E-state index is 1.03. The molecular weight excluding hydrogens is 172 g/mol. The van der Waals surface area contributed by atoms with Crippen LogP contribution in [-0.2, 0) is 0 Å². The molecule has 0 spiro atoms. The van der Waals surface area contributed by atoms with Gasteiger partial charge in [0, 0.05) is 0 Å². The summed E-state index contributed by atoms with van der Waals surface area (Å²) in [4.78, 5) is 0.